The Morgan fingerprint density at radius 3 is 2.62 bits per heavy atom. The summed E-state index contributed by atoms with van der Waals surface area (Å²) in [5.74, 6) is -1.34. The van der Waals surface area contributed by atoms with E-state index in [0.717, 1.165) is 18.2 Å². The van der Waals surface area contributed by atoms with Crippen molar-refractivity contribution in [1.29, 1.82) is 0 Å². The van der Waals surface area contributed by atoms with Crippen molar-refractivity contribution in [3.8, 4) is 0 Å². The van der Waals surface area contributed by atoms with Gasteiger partial charge in [-0.2, -0.15) is 0 Å². The molecule has 1 amide bonds. The Kier molecular flexibility index (Phi) is 4.18. The van der Waals surface area contributed by atoms with Gasteiger partial charge < -0.3 is 11.1 Å². The number of nitro groups is 1. The van der Waals surface area contributed by atoms with Gasteiger partial charge in [0.05, 0.1) is 11.0 Å². The summed E-state index contributed by atoms with van der Waals surface area (Å²) in [5, 5.41) is 13.2. The maximum absolute atomic E-state index is 13.0. The smallest absolute Gasteiger partial charge is 0.295 e. The Balaban J connectivity index is 2.31. The molecule has 0 aromatic heterocycles. The lowest BCUT2D eigenvalue weighted by molar-refractivity contribution is -0.384. The first-order valence-electron chi connectivity index (χ1n) is 5.69. The largest absolute Gasteiger partial charge is 0.398 e. The predicted octanol–water partition coefficient (Wildman–Crippen LogP) is 3.33. The molecule has 2 aromatic rings. The van der Waals surface area contributed by atoms with Crippen molar-refractivity contribution in [3.63, 3.8) is 0 Å². The summed E-state index contributed by atoms with van der Waals surface area (Å²) in [6, 6.07) is 7.42. The first-order valence-corrected chi connectivity index (χ1v) is 6.48. The number of benzene rings is 2. The van der Waals surface area contributed by atoms with E-state index in [9.17, 15) is 19.3 Å². The molecular weight excluding hydrogens is 345 g/mol. The molecule has 0 atom stereocenters. The first-order chi connectivity index (χ1) is 9.88. The third-order valence-electron chi connectivity index (χ3n) is 2.66. The summed E-state index contributed by atoms with van der Waals surface area (Å²) in [6.45, 7) is 0. The van der Waals surface area contributed by atoms with Crippen LogP contribution < -0.4 is 11.1 Å². The van der Waals surface area contributed by atoms with Gasteiger partial charge in [-0.1, -0.05) is 0 Å². The fourth-order valence-electron chi connectivity index (χ4n) is 1.64. The van der Waals surface area contributed by atoms with Crippen molar-refractivity contribution in [3.05, 3.63) is 62.4 Å². The molecule has 2 rings (SSSR count). The highest BCUT2D eigenvalue weighted by Crippen LogP contribution is 2.26. The maximum Gasteiger partial charge on any atom is 0.295 e. The van der Waals surface area contributed by atoms with Crippen LogP contribution in [0.15, 0.2) is 40.9 Å². The number of carbonyl (C=O) groups is 1. The lowest BCUT2D eigenvalue weighted by atomic mass is 10.2. The highest BCUT2D eigenvalue weighted by molar-refractivity contribution is 9.10. The van der Waals surface area contributed by atoms with Crippen molar-refractivity contribution in [2.45, 2.75) is 0 Å². The predicted molar refractivity (Wildman–Crippen MR) is 79.6 cm³/mol. The van der Waals surface area contributed by atoms with Crippen molar-refractivity contribution in [1.82, 2.24) is 0 Å². The van der Waals surface area contributed by atoms with E-state index in [1.54, 1.807) is 6.07 Å². The molecule has 8 heteroatoms. The number of amides is 1. The fourth-order valence-corrected chi connectivity index (χ4v) is 1.89. The van der Waals surface area contributed by atoms with Crippen LogP contribution in [0.25, 0.3) is 0 Å². The standard InChI is InChI=1S/C13H9BrFN3O3/c14-9-3-1-7(5-10(9)16)13(19)17-11-4-2-8(15)6-12(11)18(20)21/h1-6H,16H2,(H,17,19). The molecule has 0 spiro atoms. The summed E-state index contributed by atoms with van der Waals surface area (Å²) >= 11 is 3.20. The third-order valence-corrected chi connectivity index (χ3v) is 3.39. The second-order valence-electron chi connectivity index (χ2n) is 4.11. The second kappa shape index (κ2) is 5.88. The van der Waals surface area contributed by atoms with E-state index in [4.69, 9.17) is 5.73 Å². The minimum atomic E-state index is -0.769. The zero-order valence-corrected chi connectivity index (χ0v) is 12.1. The monoisotopic (exact) mass is 353 g/mol. The summed E-state index contributed by atoms with van der Waals surface area (Å²) < 4.78 is 13.7. The van der Waals surface area contributed by atoms with E-state index >= 15 is 0 Å². The van der Waals surface area contributed by atoms with Crippen molar-refractivity contribution in [2.75, 3.05) is 11.1 Å². The quantitative estimate of drug-likeness (QED) is 0.502. The Bertz CT molecular complexity index is 737. The Hall–Kier alpha value is -2.48. The second-order valence-corrected chi connectivity index (χ2v) is 4.96. The molecule has 0 radical (unpaired) electrons. The maximum atomic E-state index is 13.0. The number of hydrogen-bond donors (Lipinski definition) is 2. The zero-order valence-electron chi connectivity index (χ0n) is 10.5. The molecule has 2 aromatic carbocycles. The molecule has 0 aliphatic carbocycles. The molecule has 0 aliphatic heterocycles. The molecule has 0 saturated carbocycles. The number of hydrogen-bond acceptors (Lipinski definition) is 4. The van der Waals surface area contributed by atoms with Crippen LogP contribution in [0.3, 0.4) is 0 Å². The SMILES string of the molecule is Nc1cc(C(=O)Nc2ccc(F)cc2[N+](=O)[O-])ccc1Br. The molecule has 108 valence electrons. The highest BCUT2D eigenvalue weighted by atomic mass is 79.9. The van der Waals surface area contributed by atoms with Crippen LogP contribution in [-0.2, 0) is 0 Å². The minimum absolute atomic E-state index is 0.0899. The lowest BCUT2D eigenvalue weighted by Gasteiger charge is -2.07. The number of halogens is 2. The zero-order chi connectivity index (χ0) is 15.6. The Morgan fingerprint density at radius 1 is 1.29 bits per heavy atom. The average molecular weight is 354 g/mol. The van der Waals surface area contributed by atoms with Crippen LogP contribution in [0.2, 0.25) is 0 Å². The number of anilines is 2. The molecule has 0 aliphatic rings. The molecule has 0 heterocycles. The van der Waals surface area contributed by atoms with E-state index in [2.05, 4.69) is 21.2 Å². The summed E-state index contributed by atoms with van der Waals surface area (Å²) in [4.78, 5) is 22.1. The van der Waals surface area contributed by atoms with Crippen molar-refractivity contribution >= 4 is 38.9 Å². The van der Waals surface area contributed by atoms with E-state index in [1.165, 1.54) is 12.1 Å². The number of carbonyl (C=O) groups excluding carboxylic acids is 1. The van der Waals surface area contributed by atoms with Gasteiger partial charge >= 0.3 is 0 Å². The number of nitrogen functional groups attached to an aromatic ring is 1. The molecule has 6 nitrogen and oxygen atoms in total. The van der Waals surface area contributed by atoms with Crippen LogP contribution in [-0.4, -0.2) is 10.8 Å². The van der Waals surface area contributed by atoms with Crippen LogP contribution in [0.5, 0.6) is 0 Å². The van der Waals surface area contributed by atoms with Gasteiger partial charge in [-0.3, -0.25) is 14.9 Å². The van der Waals surface area contributed by atoms with Gasteiger partial charge in [-0.15, -0.1) is 0 Å². The number of nitrogens with one attached hydrogen (secondary N) is 1. The molecule has 0 fully saturated rings. The fraction of sp³-hybridized carbons (Fsp3) is 0. The number of rotatable bonds is 3. The lowest BCUT2D eigenvalue weighted by Crippen LogP contribution is -2.13. The van der Waals surface area contributed by atoms with Crippen LogP contribution >= 0.6 is 15.9 Å². The normalized spacial score (nSPS) is 10.2. The van der Waals surface area contributed by atoms with E-state index in [1.807, 2.05) is 0 Å². The van der Waals surface area contributed by atoms with Gasteiger partial charge in [-0.05, 0) is 46.3 Å². The van der Waals surface area contributed by atoms with Gasteiger partial charge in [0.1, 0.15) is 11.5 Å². The third kappa shape index (κ3) is 3.34. The van der Waals surface area contributed by atoms with Crippen molar-refractivity contribution < 1.29 is 14.1 Å². The minimum Gasteiger partial charge on any atom is -0.398 e. The Morgan fingerprint density at radius 2 is 2.00 bits per heavy atom. The topological polar surface area (TPSA) is 98.3 Å². The number of nitrogens with zero attached hydrogens (tertiary/aromatic N) is 1. The summed E-state index contributed by atoms with van der Waals surface area (Å²) in [7, 11) is 0. The van der Waals surface area contributed by atoms with Gasteiger partial charge in [0, 0.05) is 15.7 Å². The number of nitrogens with two attached hydrogens (primary N) is 1. The highest BCUT2D eigenvalue weighted by Gasteiger charge is 2.18. The van der Waals surface area contributed by atoms with E-state index in [-0.39, 0.29) is 11.3 Å². The van der Waals surface area contributed by atoms with Gasteiger partial charge in [-0.25, -0.2) is 4.39 Å². The van der Waals surface area contributed by atoms with Gasteiger partial charge in [0.2, 0.25) is 0 Å². The molecule has 3 N–H and O–H groups in total. The molecule has 0 bridgehead atoms. The van der Waals surface area contributed by atoms with Crippen molar-refractivity contribution in [2.24, 2.45) is 0 Å². The first kappa shape index (κ1) is 14.9. The average Bonchev–Trinajstić information content (AvgIpc) is 2.43. The van der Waals surface area contributed by atoms with Gasteiger partial charge in [0.25, 0.3) is 11.6 Å². The number of nitro benzene ring substituents is 1. The molecule has 21 heavy (non-hydrogen) atoms. The van der Waals surface area contributed by atoms with Crippen LogP contribution in [0.4, 0.5) is 21.5 Å². The Labute approximate surface area is 127 Å². The van der Waals surface area contributed by atoms with Gasteiger partial charge in [0.15, 0.2) is 0 Å². The van der Waals surface area contributed by atoms with E-state index < -0.39 is 22.3 Å². The van der Waals surface area contributed by atoms with E-state index in [0.29, 0.717) is 10.2 Å². The molecule has 0 saturated heterocycles. The molecule has 0 unspecified atom stereocenters. The van der Waals surface area contributed by atoms with Crippen LogP contribution in [0.1, 0.15) is 10.4 Å². The molecular formula is C13H9BrFN3O3. The summed E-state index contributed by atoms with van der Waals surface area (Å²) in [5.41, 5.74) is 5.64. The van der Waals surface area contributed by atoms with Crippen LogP contribution in [0, 0.1) is 15.9 Å². The summed E-state index contributed by atoms with van der Waals surface area (Å²) in [6.07, 6.45) is 0.